The summed E-state index contributed by atoms with van der Waals surface area (Å²) >= 11 is 0. The Kier molecular flexibility index (Phi) is 5.86. The number of benzene rings is 2. The fourth-order valence-electron chi connectivity index (χ4n) is 2.15. The molecule has 134 valence electrons. The monoisotopic (exact) mass is 387 g/mol. The summed E-state index contributed by atoms with van der Waals surface area (Å²) in [5.74, 6) is -0.479. The minimum atomic E-state index is -4.07. The van der Waals surface area contributed by atoms with E-state index in [1.54, 1.807) is 0 Å². The van der Waals surface area contributed by atoms with E-state index >= 15 is 0 Å². The third kappa shape index (κ3) is 4.61. The maximum absolute atomic E-state index is 12.9. The number of carbonyl (C=O) groups excluding carboxylic acids is 1. The van der Waals surface area contributed by atoms with Crippen molar-refractivity contribution < 1.29 is 27.1 Å². The van der Waals surface area contributed by atoms with Crippen LogP contribution in [0.2, 0.25) is 0 Å². The highest BCUT2D eigenvalue weighted by atomic mass is 35.7. The number of rotatable bonds is 6. The second-order valence-corrected chi connectivity index (χ2v) is 7.48. The van der Waals surface area contributed by atoms with Gasteiger partial charge in [-0.15, -0.1) is 0 Å². The van der Waals surface area contributed by atoms with Crippen LogP contribution in [-0.4, -0.2) is 28.5 Å². The topological polar surface area (TPSA) is 81.7 Å². The molecule has 2 rings (SSSR count). The molecular weight excluding hydrogens is 373 g/mol. The van der Waals surface area contributed by atoms with Crippen LogP contribution in [-0.2, 0) is 15.6 Å². The lowest BCUT2D eigenvalue weighted by Gasteiger charge is -2.14. The number of hydrogen-bond acceptors (Lipinski definition) is 5. The summed E-state index contributed by atoms with van der Waals surface area (Å²) in [5.41, 5.74) is 0.459. The maximum Gasteiger partial charge on any atom is 0.261 e. The number of hydrogen-bond donors (Lipinski definition) is 1. The molecular formula is C16H15ClFNO5S. The van der Waals surface area contributed by atoms with Crippen molar-refractivity contribution in [1.82, 2.24) is 5.32 Å². The van der Waals surface area contributed by atoms with Crippen LogP contribution in [0.3, 0.4) is 0 Å². The Bertz CT molecular complexity index is 884. The molecule has 2 aromatic carbocycles. The minimum Gasteiger partial charge on any atom is -0.493 e. The highest BCUT2D eigenvalue weighted by molar-refractivity contribution is 8.13. The first-order valence-electron chi connectivity index (χ1n) is 6.99. The Balaban J connectivity index is 2.31. The van der Waals surface area contributed by atoms with Gasteiger partial charge in [0.25, 0.3) is 15.0 Å². The van der Waals surface area contributed by atoms with Crippen LogP contribution < -0.4 is 14.8 Å². The van der Waals surface area contributed by atoms with E-state index < -0.39 is 20.8 Å². The summed E-state index contributed by atoms with van der Waals surface area (Å²) in [5, 5.41) is 2.56. The van der Waals surface area contributed by atoms with Crippen molar-refractivity contribution in [3.8, 4) is 11.5 Å². The van der Waals surface area contributed by atoms with Gasteiger partial charge < -0.3 is 14.8 Å². The van der Waals surface area contributed by atoms with Gasteiger partial charge in [0.05, 0.1) is 19.1 Å². The maximum atomic E-state index is 12.9. The van der Waals surface area contributed by atoms with Crippen LogP contribution in [0, 0.1) is 5.82 Å². The molecule has 0 bridgehead atoms. The molecule has 9 heteroatoms. The third-order valence-electron chi connectivity index (χ3n) is 3.38. The predicted molar refractivity (Wildman–Crippen MR) is 90.2 cm³/mol. The molecule has 0 aromatic heterocycles. The van der Waals surface area contributed by atoms with E-state index in [1.807, 2.05) is 0 Å². The molecule has 0 aliphatic heterocycles. The summed E-state index contributed by atoms with van der Waals surface area (Å²) in [6, 6.07) is 7.58. The lowest BCUT2D eigenvalue weighted by molar-refractivity contribution is 0.0950. The number of carbonyl (C=O) groups is 1. The van der Waals surface area contributed by atoms with E-state index in [9.17, 15) is 17.6 Å². The van der Waals surface area contributed by atoms with Crippen LogP contribution in [0.4, 0.5) is 4.39 Å². The predicted octanol–water partition coefficient (Wildman–Crippen LogP) is 2.70. The molecule has 0 aliphatic rings. The van der Waals surface area contributed by atoms with Gasteiger partial charge in [0, 0.05) is 28.9 Å². The van der Waals surface area contributed by atoms with Gasteiger partial charge in [-0.2, -0.15) is 0 Å². The first kappa shape index (κ1) is 19.0. The average Bonchev–Trinajstić information content (AvgIpc) is 2.58. The van der Waals surface area contributed by atoms with Gasteiger partial charge in [-0.3, -0.25) is 4.79 Å². The Labute approximate surface area is 148 Å². The Morgan fingerprint density at radius 1 is 1.12 bits per heavy atom. The van der Waals surface area contributed by atoms with Crippen molar-refractivity contribution in [2.45, 2.75) is 11.4 Å². The summed E-state index contributed by atoms with van der Waals surface area (Å²) in [6.45, 7) is -0.127. The fraction of sp³-hybridized carbons (Fsp3) is 0.188. The Morgan fingerprint density at radius 3 is 2.20 bits per heavy atom. The molecule has 25 heavy (non-hydrogen) atoms. The van der Waals surface area contributed by atoms with E-state index in [4.69, 9.17) is 20.2 Å². The van der Waals surface area contributed by atoms with E-state index in [-0.39, 0.29) is 34.1 Å². The molecule has 0 saturated heterocycles. The molecule has 0 spiro atoms. The summed E-state index contributed by atoms with van der Waals surface area (Å²) in [4.78, 5) is 11.9. The number of halogens is 2. The largest absolute Gasteiger partial charge is 0.493 e. The fourth-order valence-corrected chi connectivity index (χ4v) is 3.27. The summed E-state index contributed by atoms with van der Waals surface area (Å²) in [6.07, 6.45) is 0. The van der Waals surface area contributed by atoms with Gasteiger partial charge in [0.15, 0.2) is 11.5 Å². The lowest BCUT2D eigenvalue weighted by Crippen LogP contribution is -2.23. The molecule has 6 nitrogen and oxygen atoms in total. The minimum absolute atomic E-state index is 0.127. The average molecular weight is 388 g/mol. The van der Waals surface area contributed by atoms with Gasteiger partial charge in [0.1, 0.15) is 5.82 Å². The molecule has 0 atom stereocenters. The molecule has 1 N–H and O–H groups in total. The smallest absolute Gasteiger partial charge is 0.261 e. The van der Waals surface area contributed by atoms with Crippen LogP contribution in [0.1, 0.15) is 15.9 Å². The number of ether oxygens (including phenoxy) is 2. The summed E-state index contributed by atoms with van der Waals surface area (Å²) < 4.78 is 46.7. The molecule has 2 aromatic rings. The lowest BCUT2D eigenvalue weighted by atomic mass is 10.1. The van der Waals surface area contributed by atoms with Crippen molar-refractivity contribution in [3.63, 3.8) is 0 Å². The highest BCUT2D eigenvalue weighted by Crippen LogP contribution is 2.34. The normalized spacial score (nSPS) is 11.0. The second-order valence-electron chi connectivity index (χ2n) is 4.94. The van der Waals surface area contributed by atoms with E-state index in [1.165, 1.54) is 38.5 Å². The molecule has 0 heterocycles. The highest BCUT2D eigenvalue weighted by Gasteiger charge is 2.20. The molecule has 0 unspecified atom stereocenters. The second kappa shape index (κ2) is 7.71. The number of amides is 1. The quantitative estimate of drug-likeness (QED) is 0.771. The Hall–Kier alpha value is -2.32. The van der Waals surface area contributed by atoms with Gasteiger partial charge in [0.2, 0.25) is 0 Å². The molecule has 0 radical (unpaired) electrons. The van der Waals surface area contributed by atoms with Crippen LogP contribution in [0.5, 0.6) is 11.5 Å². The van der Waals surface area contributed by atoms with Crippen LogP contribution in [0.25, 0.3) is 0 Å². The van der Waals surface area contributed by atoms with Crippen molar-refractivity contribution in [3.05, 3.63) is 53.3 Å². The zero-order chi connectivity index (χ0) is 18.6. The molecule has 1 amide bonds. The van der Waals surface area contributed by atoms with Crippen LogP contribution >= 0.6 is 10.7 Å². The zero-order valence-corrected chi connectivity index (χ0v) is 14.9. The van der Waals surface area contributed by atoms with Crippen molar-refractivity contribution in [2.75, 3.05) is 14.2 Å². The van der Waals surface area contributed by atoms with Gasteiger partial charge in [-0.1, -0.05) is 0 Å². The van der Waals surface area contributed by atoms with Crippen molar-refractivity contribution in [1.29, 1.82) is 0 Å². The summed E-state index contributed by atoms with van der Waals surface area (Å²) in [7, 11) is 4.14. The SMILES string of the molecule is COc1cc(CNC(=O)c2ccc(F)cc2)c(S(=O)(=O)Cl)cc1OC. The van der Waals surface area contributed by atoms with Gasteiger partial charge >= 0.3 is 0 Å². The van der Waals surface area contributed by atoms with E-state index in [0.29, 0.717) is 0 Å². The molecule has 0 aliphatic carbocycles. The van der Waals surface area contributed by atoms with Crippen molar-refractivity contribution >= 4 is 25.6 Å². The zero-order valence-electron chi connectivity index (χ0n) is 13.4. The van der Waals surface area contributed by atoms with Gasteiger partial charge in [-0.05, 0) is 35.9 Å². The first-order valence-corrected chi connectivity index (χ1v) is 9.30. The Morgan fingerprint density at radius 2 is 1.68 bits per heavy atom. The number of nitrogens with one attached hydrogen (secondary N) is 1. The first-order chi connectivity index (χ1) is 11.8. The van der Waals surface area contributed by atoms with Gasteiger partial charge in [-0.25, -0.2) is 12.8 Å². The van der Waals surface area contributed by atoms with Crippen LogP contribution in [0.15, 0.2) is 41.3 Å². The molecule has 0 saturated carbocycles. The standard InChI is InChI=1S/C16H15ClFNO5S/c1-23-13-7-11(15(25(17,21)22)8-14(13)24-2)9-19-16(20)10-3-5-12(18)6-4-10/h3-8H,9H2,1-2H3,(H,19,20). The van der Waals surface area contributed by atoms with E-state index in [2.05, 4.69) is 5.32 Å². The van der Waals surface area contributed by atoms with E-state index in [0.717, 1.165) is 12.1 Å². The molecule has 0 fully saturated rings. The third-order valence-corrected chi connectivity index (χ3v) is 4.78. The number of methoxy groups -OCH3 is 2. The van der Waals surface area contributed by atoms with Crippen molar-refractivity contribution in [2.24, 2.45) is 0 Å².